The average Bonchev–Trinajstić information content (AvgIpc) is 2.41. The Balaban J connectivity index is 2.34. The summed E-state index contributed by atoms with van der Waals surface area (Å²) in [5.41, 5.74) is 0.334. The number of nitrogens with zero attached hydrogens (tertiary/aromatic N) is 2. The monoisotopic (exact) mass is 260 g/mol. The van der Waals surface area contributed by atoms with Crippen LogP contribution in [0.1, 0.15) is 15.9 Å². The molecule has 0 spiro atoms. The van der Waals surface area contributed by atoms with E-state index in [1.807, 2.05) is 0 Å². The van der Waals surface area contributed by atoms with Crippen molar-refractivity contribution in [2.24, 2.45) is 0 Å². The van der Waals surface area contributed by atoms with Crippen molar-refractivity contribution >= 4 is 5.97 Å². The lowest BCUT2D eigenvalue weighted by Crippen LogP contribution is -2.21. The first-order chi connectivity index (χ1) is 9.11. The lowest BCUT2D eigenvalue weighted by Gasteiger charge is -2.09. The molecule has 2 heterocycles. The molecule has 0 saturated heterocycles. The van der Waals surface area contributed by atoms with Gasteiger partial charge in [0.2, 0.25) is 5.88 Å². The van der Waals surface area contributed by atoms with Gasteiger partial charge in [-0.15, -0.1) is 0 Å². The third-order valence-electron chi connectivity index (χ3n) is 2.63. The highest BCUT2D eigenvalue weighted by Crippen LogP contribution is 2.14. The summed E-state index contributed by atoms with van der Waals surface area (Å²) in [5, 5.41) is 8.79. The van der Waals surface area contributed by atoms with Crippen molar-refractivity contribution in [1.29, 1.82) is 0 Å². The number of rotatable bonds is 4. The van der Waals surface area contributed by atoms with E-state index in [1.165, 1.54) is 23.9 Å². The van der Waals surface area contributed by atoms with Gasteiger partial charge in [0.15, 0.2) is 0 Å². The molecule has 1 N–H and O–H groups in total. The fraction of sp³-hybridized carbons (Fsp3) is 0.154. The van der Waals surface area contributed by atoms with Gasteiger partial charge in [-0.1, -0.05) is 6.07 Å². The molecule has 0 unspecified atom stereocenters. The summed E-state index contributed by atoms with van der Waals surface area (Å²) in [6.07, 6.45) is 3.04. The van der Waals surface area contributed by atoms with Crippen LogP contribution in [0.25, 0.3) is 0 Å². The molecule has 2 aromatic heterocycles. The smallest absolute Gasteiger partial charge is 0.335 e. The third kappa shape index (κ3) is 2.79. The maximum atomic E-state index is 11.8. The van der Waals surface area contributed by atoms with E-state index in [4.69, 9.17) is 9.84 Å². The molecule has 98 valence electrons. The van der Waals surface area contributed by atoms with Crippen molar-refractivity contribution in [3.63, 3.8) is 0 Å². The van der Waals surface area contributed by atoms with E-state index in [0.717, 1.165) is 11.6 Å². The predicted octanol–water partition coefficient (Wildman–Crippen LogP) is 0.998. The molecular formula is C13H12N2O4. The van der Waals surface area contributed by atoms with Crippen molar-refractivity contribution in [2.75, 3.05) is 7.11 Å². The summed E-state index contributed by atoms with van der Waals surface area (Å²) in [6.45, 7) is 0.274. The van der Waals surface area contributed by atoms with Gasteiger partial charge < -0.3 is 14.4 Å². The molecule has 0 fully saturated rings. The molecule has 0 bridgehead atoms. The fourth-order valence-electron chi connectivity index (χ4n) is 1.68. The van der Waals surface area contributed by atoms with E-state index in [9.17, 15) is 9.59 Å². The highest BCUT2D eigenvalue weighted by molar-refractivity contribution is 5.87. The molecule has 6 heteroatoms. The van der Waals surface area contributed by atoms with Gasteiger partial charge in [-0.05, 0) is 12.1 Å². The van der Waals surface area contributed by atoms with E-state index in [0.29, 0.717) is 5.88 Å². The largest absolute Gasteiger partial charge is 0.481 e. The summed E-state index contributed by atoms with van der Waals surface area (Å²) in [5.74, 6) is -0.681. The number of carboxylic acid groups (broad SMARTS) is 1. The van der Waals surface area contributed by atoms with Gasteiger partial charge >= 0.3 is 5.97 Å². The fourth-order valence-corrected chi connectivity index (χ4v) is 1.68. The quantitative estimate of drug-likeness (QED) is 0.886. The van der Waals surface area contributed by atoms with Crippen LogP contribution in [0.5, 0.6) is 5.88 Å². The van der Waals surface area contributed by atoms with Gasteiger partial charge in [-0.3, -0.25) is 4.79 Å². The average molecular weight is 260 g/mol. The Morgan fingerprint density at radius 1 is 1.47 bits per heavy atom. The number of ether oxygens (including phenoxy) is 1. The molecule has 0 amide bonds. The van der Waals surface area contributed by atoms with Crippen molar-refractivity contribution in [3.8, 4) is 5.88 Å². The lowest BCUT2D eigenvalue weighted by molar-refractivity contribution is 0.0696. The second-order valence-corrected chi connectivity index (χ2v) is 3.86. The van der Waals surface area contributed by atoms with Crippen molar-refractivity contribution in [3.05, 3.63) is 58.1 Å². The molecule has 2 aromatic rings. The number of hydrogen-bond acceptors (Lipinski definition) is 4. The molecule has 0 atom stereocenters. The Morgan fingerprint density at radius 3 is 2.89 bits per heavy atom. The summed E-state index contributed by atoms with van der Waals surface area (Å²) >= 11 is 0. The van der Waals surface area contributed by atoms with Crippen LogP contribution < -0.4 is 10.3 Å². The molecule has 0 aromatic carbocycles. The first-order valence-corrected chi connectivity index (χ1v) is 5.53. The zero-order chi connectivity index (χ0) is 13.8. The zero-order valence-electron chi connectivity index (χ0n) is 10.2. The van der Waals surface area contributed by atoms with E-state index in [-0.39, 0.29) is 17.7 Å². The predicted molar refractivity (Wildman–Crippen MR) is 67.6 cm³/mol. The van der Waals surface area contributed by atoms with E-state index < -0.39 is 5.97 Å². The summed E-state index contributed by atoms with van der Waals surface area (Å²) in [4.78, 5) is 26.6. The maximum absolute atomic E-state index is 11.8. The Hall–Kier alpha value is -2.63. The molecule has 6 nitrogen and oxygen atoms in total. The molecular weight excluding hydrogens is 248 g/mol. The maximum Gasteiger partial charge on any atom is 0.335 e. The highest BCUT2D eigenvalue weighted by Gasteiger charge is 2.08. The second-order valence-electron chi connectivity index (χ2n) is 3.86. The van der Waals surface area contributed by atoms with E-state index in [1.54, 1.807) is 18.3 Å². The van der Waals surface area contributed by atoms with Gasteiger partial charge in [0.1, 0.15) is 0 Å². The number of carbonyl (C=O) groups is 1. The highest BCUT2D eigenvalue weighted by atomic mass is 16.5. The number of aromatic nitrogens is 2. The first-order valence-electron chi connectivity index (χ1n) is 5.53. The Kier molecular flexibility index (Phi) is 3.61. The summed E-state index contributed by atoms with van der Waals surface area (Å²) in [7, 11) is 1.50. The van der Waals surface area contributed by atoms with Crippen LogP contribution in [-0.2, 0) is 6.54 Å². The Morgan fingerprint density at radius 2 is 2.26 bits per heavy atom. The number of carboxylic acids is 1. The van der Waals surface area contributed by atoms with Crippen LogP contribution >= 0.6 is 0 Å². The van der Waals surface area contributed by atoms with Crippen molar-refractivity contribution in [2.45, 2.75) is 6.54 Å². The van der Waals surface area contributed by atoms with Crippen LogP contribution in [0.2, 0.25) is 0 Å². The zero-order valence-corrected chi connectivity index (χ0v) is 10.2. The SMILES string of the molecule is COc1ncccc1Cn1ccc(C(=O)O)cc1=O. The van der Waals surface area contributed by atoms with E-state index >= 15 is 0 Å². The summed E-state index contributed by atoms with van der Waals surface area (Å²) < 4.78 is 6.49. The second kappa shape index (κ2) is 5.34. The minimum absolute atomic E-state index is 0.0283. The third-order valence-corrected chi connectivity index (χ3v) is 2.63. The lowest BCUT2D eigenvalue weighted by atomic mass is 10.2. The molecule has 19 heavy (non-hydrogen) atoms. The normalized spacial score (nSPS) is 10.2. The topological polar surface area (TPSA) is 81.4 Å². The van der Waals surface area contributed by atoms with Crippen molar-refractivity contribution < 1.29 is 14.6 Å². The van der Waals surface area contributed by atoms with Crippen LogP contribution in [0.15, 0.2) is 41.5 Å². The summed E-state index contributed by atoms with van der Waals surface area (Å²) in [6, 6.07) is 6.01. The van der Waals surface area contributed by atoms with Gasteiger partial charge in [0.05, 0.1) is 19.2 Å². The van der Waals surface area contributed by atoms with Crippen LogP contribution in [-0.4, -0.2) is 27.7 Å². The standard InChI is InChI=1S/C13H12N2O4/c1-19-12-10(3-2-5-14-12)8-15-6-4-9(13(17)18)7-11(15)16/h2-7H,8H2,1H3,(H,17,18). The molecule has 0 saturated carbocycles. The minimum Gasteiger partial charge on any atom is -0.481 e. The van der Waals surface area contributed by atoms with Gasteiger partial charge in [-0.2, -0.15) is 0 Å². The molecule has 0 aliphatic carbocycles. The Labute approximate surface area is 108 Å². The van der Waals surface area contributed by atoms with Crippen LogP contribution in [0, 0.1) is 0 Å². The molecule has 0 radical (unpaired) electrons. The van der Waals surface area contributed by atoms with Crippen LogP contribution in [0.3, 0.4) is 0 Å². The number of hydrogen-bond donors (Lipinski definition) is 1. The van der Waals surface area contributed by atoms with Crippen LogP contribution in [0.4, 0.5) is 0 Å². The minimum atomic E-state index is -1.12. The van der Waals surface area contributed by atoms with Gasteiger partial charge in [-0.25, -0.2) is 9.78 Å². The molecule has 0 aliphatic heterocycles. The molecule has 0 aliphatic rings. The first kappa shape index (κ1) is 12.8. The number of pyridine rings is 2. The number of aromatic carboxylic acids is 1. The van der Waals surface area contributed by atoms with Crippen molar-refractivity contribution in [1.82, 2.24) is 9.55 Å². The van der Waals surface area contributed by atoms with Gasteiger partial charge in [0, 0.05) is 24.0 Å². The van der Waals surface area contributed by atoms with Gasteiger partial charge in [0.25, 0.3) is 5.56 Å². The number of methoxy groups -OCH3 is 1. The molecule has 2 rings (SSSR count). The Bertz CT molecular complexity index is 664. The van der Waals surface area contributed by atoms with E-state index in [2.05, 4.69) is 4.98 Å².